The zero-order valence-corrected chi connectivity index (χ0v) is 9.71. The molecule has 3 N–H and O–H groups in total. The average Bonchev–Trinajstić information content (AvgIpc) is 2.77. The summed E-state index contributed by atoms with van der Waals surface area (Å²) in [5.74, 6) is -0.351. The molecule has 0 aliphatic carbocycles. The molecule has 2 aromatic rings. The Hall–Kier alpha value is -1.72. The van der Waals surface area contributed by atoms with E-state index in [1.54, 1.807) is 23.0 Å². The molecule has 1 unspecified atom stereocenters. The van der Waals surface area contributed by atoms with Crippen LogP contribution in [0.25, 0.3) is 0 Å². The minimum atomic E-state index is -0.730. The molecule has 17 heavy (non-hydrogen) atoms. The predicted molar refractivity (Wildman–Crippen MR) is 64.2 cm³/mol. The van der Waals surface area contributed by atoms with Gasteiger partial charge in [0.1, 0.15) is 6.23 Å². The molecular weight excluding hydrogens is 244 g/mol. The van der Waals surface area contributed by atoms with Gasteiger partial charge in [-0.25, -0.2) is 4.98 Å². The Bertz CT molecular complexity index is 474. The van der Waals surface area contributed by atoms with Crippen LogP contribution < -0.4 is 0 Å². The molecule has 0 fully saturated rings. The van der Waals surface area contributed by atoms with Crippen molar-refractivity contribution in [3.63, 3.8) is 0 Å². The lowest BCUT2D eigenvalue weighted by atomic mass is 10.1. The highest BCUT2D eigenvalue weighted by Gasteiger charge is 2.08. The van der Waals surface area contributed by atoms with Crippen molar-refractivity contribution in [3.8, 4) is 11.5 Å². The summed E-state index contributed by atoms with van der Waals surface area (Å²) in [7, 11) is 0. The van der Waals surface area contributed by atoms with Crippen LogP contribution in [0.2, 0.25) is 0 Å². The first-order valence-electron chi connectivity index (χ1n) is 4.83. The number of phenols is 2. The molecule has 2 rings (SSSR count). The number of aliphatic hydroxyl groups excluding tert-OH is 1. The SMILES string of the molecule is Cl.Oc1ccc(CC(O)n2ccnc2)cc1O. The van der Waals surface area contributed by atoms with Gasteiger partial charge >= 0.3 is 0 Å². The Morgan fingerprint density at radius 2 is 2.00 bits per heavy atom. The molecule has 92 valence electrons. The first-order valence-corrected chi connectivity index (χ1v) is 4.83. The summed E-state index contributed by atoms with van der Waals surface area (Å²) in [5, 5.41) is 28.2. The largest absolute Gasteiger partial charge is 0.504 e. The van der Waals surface area contributed by atoms with E-state index < -0.39 is 6.23 Å². The fourth-order valence-corrected chi connectivity index (χ4v) is 1.46. The molecule has 0 bridgehead atoms. The zero-order chi connectivity index (χ0) is 11.5. The van der Waals surface area contributed by atoms with Gasteiger partial charge in [-0.2, -0.15) is 0 Å². The second-order valence-electron chi connectivity index (χ2n) is 3.52. The highest BCUT2D eigenvalue weighted by atomic mass is 35.5. The van der Waals surface area contributed by atoms with Gasteiger partial charge in [-0.05, 0) is 17.7 Å². The van der Waals surface area contributed by atoms with E-state index >= 15 is 0 Å². The highest BCUT2D eigenvalue weighted by molar-refractivity contribution is 5.85. The van der Waals surface area contributed by atoms with Gasteiger partial charge in [-0.3, -0.25) is 0 Å². The highest BCUT2D eigenvalue weighted by Crippen LogP contribution is 2.26. The number of aromatic nitrogens is 2. The van der Waals surface area contributed by atoms with Crippen LogP contribution in [0.3, 0.4) is 0 Å². The molecule has 0 spiro atoms. The van der Waals surface area contributed by atoms with Gasteiger partial charge in [0.2, 0.25) is 0 Å². The summed E-state index contributed by atoms with van der Waals surface area (Å²) in [5.41, 5.74) is 0.733. The summed E-state index contributed by atoms with van der Waals surface area (Å²) in [6.45, 7) is 0. The zero-order valence-electron chi connectivity index (χ0n) is 8.89. The lowest BCUT2D eigenvalue weighted by molar-refractivity contribution is 0.104. The maximum Gasteiger partial charge on any atom is 0.157 e. The summed E-state index contributed by atoms with van der Waals surface area (Å²) < 4.78 is 1.56. The van der Waals surface area contributed by atoms with Crippen molar-refractivity contribution in [3.05, 3.63) is 42.5 Å². The molecule has 0 saturated heterocycles. The Morgan fingerprint density at radius 1 is 1.24 bits per heavy atom. The van der Waals surface area contributed by atoms with Crippen LogP contribution in [-0.2, 0) is 6.42 Å². The smallest absolute Gasteiger partial charge is 0.157 e. The molecular formula is C11H13ClN2O3. The van der Waals surface area contributed by atoms with E-state index in [9.17, 15) is 10.2 Å². The summed E-state index contributed by atoms with van der Waals surface area (Å²) in [4.78, 5) is 3.83. The van der Waals surface area contributed by atoms with Crippen molar-refractivity contribution in [1.29, 1.82) is 0 Å². The topological polar surface area (TPSA) is 78.5 Å². The third kappa shape index (κ3) is 3.12. The van der Waals surface area contributed by atoms with Crippen molar-refractivity contribution >= 4 is 12.4 Å². The van der Waals surface area contributed by atoms with Crippen LogP contribution in [-0.4, -0.2) is 24.9 Å². The van der Waals surface area contributed by atoms with E-state index in [1.807, 2.05) is 0 Å². The van der Waals surface area contributed by atoms with Gasteiger partial charge in [0.05, 0.1) is 6.33 Å². The molecule has 0 amide bonds. The number of nitrogens with zero attached hydrogens (tertiary/aromatic N) is 2. The fraction of sp³-hybridized carbons (Fsp3) is 0.182. The number of hydrogen-bond acceptors (Lipinski definition) is 4. The molecule has 5 nitrogen and oxygen atoms in total. The maximum atomic E-state index is 9.80. The molecule has 0 radical (unpaired) electrons. The molecule has 1 aromatic carbocycles. The number of aliphatic hydroxyl groups is 1. The van der Waals surface area contributed by atoms with Crippen molar-refractivity contribution in [2.45, 2.75) is 12.6 Å². The third-order valence-corrected chi connectivity index (χ3v) is 2.33. The first kappa shape index (κ1) is 13.3. The van der Waals surface area contributed by atoms with E-state index in [4.69, 9.17) is 5.11 Å². The molecule has 0 saturated carbocycles. The fourth-order valence-electron chi connectivity index (χ4n) is 1.46. The first-order chi connectivity index (χ1) is 7.66. The van der Waals surface area contributed by atoms with Crippen LogP contribution in [0.5, 0.6) is 11.5 Å². The van der Waals surface area contributed by atoms with E-state index in [0.717, 1.165) is 5.56 Å². The minimum absolute atomic E-state index is 0. The Kier molecular flexibility index (Phi) is 4.37. The van der Waals surface area contributed by atoms with Crippen LogP contribution in [0.1, 0.15) is 11.8 Å². The van der Waals surface area contributed by atoms with Crippen molar-refractivity contribution < 1.29 is 15.3 Å². The van der Waals surface area contributed by atoms with Gasteiger partial charge in [-0.15, -0.1) is 12.4 Å². The second kappa shape index (κ2) is 5.56. The van der Waals surface area contributed by atoms with Crippen molar-refractivity contribution in [2.24, 2.45) is 0 Å². The lowest BCUT2D eigenvalue weighted by Gasteiger charge is -2.12. The average molecular weight is 257 g/mol. The number of phenolic OH excluding ortho intramolecular Hbond substituents is 2. The predicted octanol–water partition coefficient (Wildman–Crippen LogP) is 1.45. The number of hydrogen-bond donors (Lipinski definition) is 3. The number of benzene rings is 1. The molecule has 1 heterocycles. The number of imidazole rings is 1. The maximum absolute atomic E-state index is 9.80. The quantitative estimate of drug-likeness (QED) is 0.727. The van der Waals surface area contributed by atoms with Gasteiger partial charge in [0, 0.05) is 18.8 Å². The molecule has 0 aliphatic heterocycles. The molecule has 0 aliphatic rings. The van der Waals surface area contributed by atoms with E-state index in [2.05, 4.69) is 4.98 Å². The van der Waals surface area contributed by atoms with Crippen molar-refractivity contribution in [2.75, 3.05) is 0 Å². The summed E-state index contributed by atoms with van der Waals surface area (Å²) >= 11 is 0. The molecule has 6 heteroatoms. The van der Waals surface area contributed by atoms with Crippen LogP contribution >= 0.6 is 12.4 Å². The number of halogens is 1. The Labute approximate surface area is 104 Å². The van der Waals surface area contributed by atoms with Gasteiger partial charge in [0.15, 0.2) is 11.5 Å². The lowest BCUT2D eigenvalue weighted by Crippen LogP contribution is -2.08. The number of aromatic hydroxyl groups is 2. The summed E-state index contributed by atoms with van der Waals surface area (Å²) in [6, 6.07) is 4.47. The minimum Gasteiger partial charge on any atom is -0.504 e. The van der Waals surface area contributed by atoms with Crippen LogP contribution in [0, 0.1) is 0 Å². The molecule has 1 atom stereocenters. The van der Waals surface area contributed by atoms with Crippen molar-refractivity contribution in [1.82, 2.24) is 9.55 Å². The van der Waals surface area contributed by atoms with Crippen LogP contribution in [0.15, 0.2) is 36.9 Å². The molecule has 1 aromatic heterocycles. The van der Waals surface area contributed by atoms with E-state index in [-0.39, 0.29) is 23.9 Å². The number of rotatable bonds is 3. The summed E-state index contributed by atoms with van der Waals surface area (Å²) in [6.07, 6.45) is 4.36. The van der Waals surface area contributed by atoms with E-state index in [1.165, 1.54) is 18.5 Å². The monoisotopic (exact) mass is 256 g/mol. The second-order valence-corrected chi connectivity index (χ2v) is 3.52. The van der Waals surface area contributed by atoms with Gasteiger partial charge < -0.3 is 19.9 Å². The standard InChI is InChI=1S/C11H12N2O3.ClH/c14-9-2-1-8(5-10(9)15)6-11(16)13-4-3-12-7-13;/h1-5,7,11,14-16H,6H2;1H. The van der Waals surface area contributed by atoms with E-state index in [0.29, 0.717) is 6.42 Å². The van der Waals surface area contributed by atoms with Gasteiger partial charge in [-0.1, -0.05) is 6.07 Å². The normalized spacial score (nSPS) is 11.8. The Morgan fingerprint density at radius 3 is 2.59 bits per heavy atom. The van der Waals surface area contributed by atoms with Crippen LogP contribution in [0.4, 0.5) is 0 Å². The third-order valence-electron chi connectivity index (χ3n) is 2.33. The Balaban J connectivity index is 0.00000144. The van der Waals surface area contributed by atoms with Gasteiger partial charge in [0.25, 0.3) is 0 Å².